The molecular weight excluding hydrogens is 656 g/mol. The van der Waals surface area contributed by atoms with Crippen molar-refractivity contribution in [3.8, 4) is 33.9 Å². The van der Waals surface area contributed by atoms with Crippen LogP contribution in [0.2, 0.25) is 0 Å². The number of hydrogen-bond donors (Lipinski definition) is 4. The van der Waals surface area contributed by atoms with Gasteiger partial charge in [0.25, 0.3) is 5.91 Å². The largest absolute Gasteiger partial charge is 0.508 e. The maximum Gasteiger partial charge on any atom is 0.336 e. The summed E-state index contributed by atoms with van der Waals surface area (Å²) in [6.07, 6.45) is 3.05. The van der Waals surface area contributed by atoms with E-state index in [1.165, 1.54) is 18.2 Å². The number of carbonyl (C=O) groups is 3. The molecule has 0 fully saturated rings. The molecule has 1 aliphatic carbocycles. The van der Waals surface area contributed by atoms with Crippen molar-refractivity contribution in [3.05, 3.63) is 111 Å². The molecule has 1 aliphatic heterocycles. The summed E-state index contributed by atoms with van der Waals surface area (Å²) in [6, 6.07) is 19.7. The Bertz CT molecular complexity index is 2090. The van der Waals surface area contributed by atoms with Crippen LogP contribution in [0.4, 0.5) is 0 Å². The topological polar surface area (TPSA) is 174 Å². The molecule has 2 aliphatic rings. The molecule has 51 heavy (non-hydrogen) atoms. The molecule has 3 aromatic carbocycles. The Morgan fingerprint density at radius 3 is 2.25 bits per heavy atom. The van der Waals surface area contributed by atoms with Gasteiger partial charge in [-0.25, -0.2) is 4.79 Å². The van der Waals surface area contributed by atoms with Crippen LogP contribution in [-0.4, -0.2) is 74.1 Å². The zero-order valence-electron chi connectivity index (χ0n) is 28.2. The Kier molecular flexibility index (Phi) is 12.2. The number of ether oxygens (including phenoxy) is 3. The van der Waals surface area contributed by atoms with Gasteiger partial charge in [-0.2, -0.15) is 0 Å². The summed E-state index contributed by atoms with van der Waals surface area (Å²) in [5.74, 6) is -0.848. The molecule has 0 bridgehead atoms. The molecule has 12 nitrogen and oxygen atoms in total. The Morgan fingerprint density at radius 1 is 0.824 bits per heavy atom. The fourth-order valence-electron chi connectivity index (χ4n) is 5.34. The number of aryl methyl sites for hydroxylation is 2. The van der Waals surface area contributed by atoms with E-state index >= 15 is 0 Å². The van der Waals surface area contributed by atoms with Gasteiger partial charge in [-0.3, -0.25) is 14.4 Å². The van der Waals surface area contributed by atoms with E-state index in [0.717, 1.165) is 5.56 Å². The van der Waals surface area contributed by atoms with Crippen LogP contribution in [0.15, 0.2) is 88.1 Å². The van der Waals surface area contributed by atoms with Gasteiger partial charge >= 0.3 is 5.97 Å². The van der Waals surface area contributed by atoms with Crippen LogP contribution in [0.3, 0.4) is 0 Å². The minimum Gasteiger partial charge on any atom is -0.508 e. The highest BCUT2D eigenvalue weighted by Crippen LogP contribution is 2.43. The van der Waals surface area contributed by atoms with E-state index in [-0.39, 0.29) is 48.3 Å². The van der Waals surface area contributed by atoms with Crippen LogP contribution in [0, 0.1) is 13.8 Å². The lowest BCUT2D eigenvalue weighted by molar-refractivity contribution is -0.123. The molecule has 0 spiro atoms. The van der Waals surface area contributed by atoms with E-state index in [9.17, 15) is 29.4 Å². The number of amides is 2. The Hall–Kier alpha value is -5.98. The number of hydrogen-bond acceptors (Lipinski definition) is 9. The van der Waals surface area contributed by atoms with Gasteiger partial charge in [0, 0.05) is 47.8 Å². The standard InChI is InChI=1S/C39H38N2O10/c1-24-19-30-34(21-32(24)43)51-35-22-33(25(2)20-31(35)38(30)28-5-3-4-6-29(28)39(46)47)50-23-37(45)41-14-16-49-18-17-48-15-13-40-36(44)12-9-26-7-10-27(42)11-8-26/h3-12,19-22,42H,13-18,23H2,1-2H3,(H,40,44)(H,41,45)(H,46,47)/b12-9+. The number of aromatic hydroxyl groups is 1. The van der Waals surface area contributed by atoms with E-state index < -0.39 is 5.97 Å². The first-order valence-electron chi connectivity index (χ1n) is 16.2. The number of rotatable bonds is 16. The van der Waals surface area contributed by atoms with Crippen molar-refractivity contribution in [1.82, 2.24) is 10.6 Å². The second-order valence-electron chi connectivity index (χ2n) is 11.6. The average Bonchev–Trinajstić information content (AvgIpc) is 3.11. The highest BCUT2D eigenvalue weighted by atomic mass is 16.5. The highest BCUT2D eigenvalue weighted by molar-refractivity contribution is 6.07. The molecule has 0 atom stereocenters. The fraction of sp³-hybridized carbons (Fsp3) is 0.231. The van der Waals surface area contributed by atoms with Gasteiger partial charge in [0.15, 0.2) is 12.0 Å². The minimum absolute atomic E-state index is 0.111. The van der Waals surface area contributed by atoms with Gasteiger partial charge in [0.05, 0.1) is 32.0 Å². The third-order valence-electron chi connectivity index (χ3n) is 7.90. The first-order valence-corrected chi connectivity index (χ1v) is 16.2. The van der Waals surface area contributed by atoms with Crippen molar-refractivity contribution in [3.63, 3.8) is 0 Å². The van der Waals surface area contributed by atoms with Crippen molar-refractivity contribution in [2.45, 2.75) is 13.8 Å². The number of phenols is 1. The molecule has 2 amide bonds. The van der Waals surface area contributed by atoms with Gasteiger partial charge < -0.3 is 39.5 Å². The van der Waals surface area contributed by atoms with Crippen LogP contribution in [-0.2, 0) is 19.1 Å². The maximum absolute atomic E-state index is 12.5. The number of benzene rings is 4. The molecule has 1 heterocycles. The van der Waals surface area contributed by atoms with Crippen molar-refractivity contribution in [2.75, 3.05) is 46.1 Å². The summed E-state index contributed by atoms with van der Waals surface area (Å²) in [6.45, 7) is 5.03. The maximum atomic E-state index is 12.5. The summed E-state index contributed by atoms with van der Waals surface area (Å²) < 4.78 is 22.9. The third-order valence-corrected chi connectivity index (χ3v) is 7.90. The highest BCUT2D eigenvalue weighted by Gasteiger charge is 2.23. The summed E-state index contributed by atoms with van der Waals surface area (Å²) >= 11 is 0. The number of carboxylic acid groups (broad SMARTS) is 1. The smallest absolute Gasteiger partial charge is 0.336 e. The predicted molar refractivity (Wildman–Crippen MR) is 191 cm³/mol. The lowest BCUT2D eigenvalue weighted by Crippen LogP contribution is -2.32. The van der Waals surface area contributed by atoms with Crippen molar-refractivity contribution >= 4 is 34.8 Å². The lowest BCUT2D eigenvalue weighted by atomic mass is 9.89. The van der Waals surface area contributed by atoms with E-state index in [2.05, 4.69) is 10.6 Å². The normalized spacial score (nSPS) is 11.3. The molecule has 5 rings (SSSR count). The summed E-state index contributed by atoms with van der Waals surface area (Å²) in [5, 5.41) is 25.3. The van der Waals surface area contributed by atoms with E-state index in [1.54, 1.807) is 67.6 Å². The predicted octanol–water partition coefficient (Wildman–Crippen LogP) is 4.94. The number of carboxylic acids is 1. The van der Waals surface area contributed by atoms with Gasteiger partial charge in [0.2, 0.25) is 5.91 Å². The van der Waals surface area contributed by atoms with Crippen molar-refractivity contribution < 1.29 is 43.2 Å². The minimum atomic E-state index is -1.08. The first-order chi connectivity index (χ1) is 24.6. The zero-order valence-corrected chi connectivity index (χ0v) is 28.2. The second-order valence-corrected chi connectivity index (χ2v) is 11.6. The van der Waals surface area contributed by atoms with Crippen molar-refractivity contribution in [2.24, 2.45) is 0 Å². The van der Waals surface area contributed by atoms with Crippen LogP contribution in [0.1, 0.15) is 27.0 Å². The number of aromatic carboxylic acids is 1. The van der Waals surface area contributed by atoms with Crippen LogP contribution < -0.4 is 20.8 Å². The van der Waals surface area contributed by atoms with Gasteiger partial charge in [-0.05, 0) is 72.5 Å². The van der Waals surface area contributed by atoms with Gasteiger partial charge in [-0.1, -0.05) is 30.3 Å². The van der Waals surface area contributed by atoms with E-state index in [1.807, 2.05) is 13.0 Å². The summed E-state index contributed by atoms with van der Waals surface area (Å²) in [4.78, 5) is 49.0. The van der Waals surface area contributed by atoms with Crippen LogP contribution >= 0.6 is 0 Å². The zero-order chi connectivity index (χ0) is 36.3. The molecule has 0 aromatic heterocycles. The number of nitrogens with one attached hydrogen (secondary N) is 2. The third kappa shape index (κ3) is 9.59. The Balaban J connectivity index is 1.08. The van der Waals surface area contributed by atoms with Crippen LogP contribution in [0.5, 0.6) is 11.5 Å². The van der Waals surface area contributed by atoms with Crippen molar-refractivity contribution in [1.29, 1.82) is 0 Å². The average molecular weight is 695 g/mol. The number of carbonyl (C=O) groups excluding carboxylic acids is 2. The van der Waals surface area contributed by atoms with Gasteiger partial charge in [0.1, 0.15) is 22.8 Å². The van der Waals surface area contributed by atoms with E-state index in [4.69, 9.17) is 18.6 Å². The van der Waals surface area contributed by atoms with E-state index in [0.29, 0.717) is 76.7 Å². The quantitative estimate of drug-likeness (QED) is 0.0629. The summed E-state index contributed by atoms with van der Waals surface area (Å²) in [5.41, 5.74) is 3.96. The fourth-order valence-corrected chi connectivity index (χ4v) is 5.34. The molecule has 3 aromatic rings. The first kappa shape index (κ1) is 36.3. The molecular formula is C39H38N2O10. The molecule has 12 heteroatoms. The Morgan fingerprint density at radius 2 is 1.53 bits per heavy atom. The molecule has 0 unspecified atom stereocenters. The monoisotopic (exact) mass is 694 g/mol. The second kappa shape index (κ2) is 17.1. The molecule has 0 saturated carbocycles. The number of fused-ring (bicyclic) bond motifs is 2. The lowest BCUT2D eigenvalue weighted by Gasteiger charge is -2.18. The summed E-state index contributed by atoms with van der Waals surface area (Å²) in [7, 11) is 0. The SMILES string of the molecule is Cc1cc2c(-c3ccccc3C(=O)O)c3cc(C)c(=O)cc-3oc2cc1OCC(=O)NCCOCCOCCNC(=O)/C=C/c1ccc(O)cc1. The molecule has 4 N–H and O–H groups in total. The number of phenolic OH excluding ortho intramolecular Hbond substituents is 1. The molecule has 264 valence electrons. The van der Waals surface area contributed by atoms with Crippen LogP contribution in [0.25, 0.3) is 39.5 Å². The molecule has 0 saturated heterocycles. The Labute approximate surface area is 293 Å². The van der Waals surface area contributed by atoms with Gasteiger partial charge in [-0.15, -0.1) is 0 Å². The molecule has 0 radical (unpaired) electrons.